The Morgan fingerprint density at radius 1 is 0.815 bits per heavy atom. The lowest BCUT2D eigenvalue weighted by atomic mass is 10.0. The average Bonchev–Trinajstić information content (AvgIpc) is 3.53. The number of aryl methyl sites for hydroxylation is 2. The van der Waals surface area contributed by atoms with Gasteiger partial charge >= 0.3 is 0 Å². The Morgan fingerprint density at radius 2 is 1.56 bits per heavy atom. The number of carbonyl (C=O) groups is 2. The van der Waals surface area contributed by atoms with Gasteiger partial charge in [0.1, 0.15) is 5.82 Å². The van der Waals surface area contributed by atoms with Crippen LogP contribution in [0.2, 0.25) is 0 Å². The summed E-state index contributed by atoms with van der Waals surface area (Å²) in [6.07, 6.45) is 2.08. The number of fused-ring (bicyclic) bond motifs is 1. The molecule has 0 bridgehead atoms. The van der Waals surface area contributed by atoms with E-state index in [0.717, 1.165) is 51.4 Å². The summed E-state index contributed by atoms with van der Waals surface area (Å²) in [4.78, 5) is 30.1. The van der Waals surface area contributed by atoms with E-state index in [2.05, 4.69) is 81.0 Å². The topological polar surface area (TPSA) is 118 Å². The first-order chi connectivity index (χ1) is 26.2. The van der Waals surface area contributed by atoms with Gasteiger partial charge in [0.25, 0.3) is 5.91 Å². The largest absolute Gasteiger partial charge is 0.387 e. The molecule has 278 valence electrons. The highest BCUT2D eigenvalue weighted by Gasteiger charge is 2.13. The van der Waals surface area contributed by atoms with E-state index in [0.29, 0.717) is 38.4 Å². The van der Waals surface area contributed by atoms with Crippen molar-refractivity contribution in [2.75, 3.05) is 19.7 Å². The molecule has 6 aromatic rings. The highest BCUT2D eigenvalue weighted by atomic mass is 16.5. The molecule has 0 radical (unpaired) electrons. The summed E-state index contributed by atoms with van der Waals surface area (Å²) in [6.45, 7) is 8.25. The van der Waals surface area contributed by atoms with Gasteiger partial charge in [-0.15, -0.1) is 0 Å². The number of carbonyl (C=O) groups excluding carboxylic acids is 2. The molecule has 0 saturated heterocycles. The van der Waals surface area contributed by atoms with E-state index < -0.39 is 6.10 Å². The minimum Gasteiger partial charge on any atom is -0.387 e. The molecule has 0 aliphatic carbocycles. The summed E-state index contributed by atoms with van der Waals surface area (Å²) in [6, 6.07) is 37.8. The van der Waals surface area contributed by atoms with Crippen molar-refractivity contribution in [3.05, 3.63) is 166 Å². The summed E-state index contributed by atoms with van der Waals surface area (Å²) in [5.74, 6) is 0.595. The fourth-order valence-corrected chi connectivity index (χ4v) is 6.64. The van der Waals surface area contributed by atoms with Crippen molar-refractivity contribution in [1.29, 1.82) is 0 Å². The van der Waals surface area contributed by atoms with Gasteiger partial charge in [-0.2, -0.15) is 0 Å². The Kier molecular flexibility index (Phi) is 13.0. The van der Waals surface area contributed by atoms with E-state index in [1.54, 1.807) is 18.3 Å². The summed E-state index contributed by atoms with van der Waals surface area (Å²) in [5, 5.41) is 22.5. The number of pyridine rings is 1. The van der Waals surface area contributed by atoms with Gasteiger partial charge in [-0.05, 0) is 90.6 Å². The number of hydrogen-bond acceptors (Lipinski definition) is 6. The Labute approximate surface area is 317 Å². The number of aliphatic hydroxyl groups excluding tert-OH is 1. The number of aliphatic hydroxyl groups is 1. The lowest BCUT2D eigenvalue weighted by Crippen LogP contribution is -2.32. The van der Waals surface area contributed by atoms with Crippen molar-refractivity contribution in [3.63, 3.8) is 0 Å². The minimum absolute atomic E-state index is 0.0755. The molecule has 0 fully saturated rings. The highest BCUT2D eigenvalue weighted by molar-refractivity contribution is 5.94. The minimum atomic E-state index is -0.679. The van der Waals surface area contributed by atoms with Crippen LogP contribution in [-0.4, -0.2) is 52.2 Å². The zero-order chi connectivity index (χ0) is 37.9. The normalized spacial score (nSPS) is 12.4. The number of nitrogens with zero attached hydrogens (tertiary/aromatic N) is 2. The Balaban J connectivity index is 0.882. The summed E-state index contributed by atoms with van der Waals surface area (Å²) >= 11 is 0. The van der Waals surface area contributed by atoms with Crippen LogP contribution < -0.4 is 16.0 Å². The molecule has 0 saturated carbocycles. The van der Waals surface area contributed by atoms with Crippen molar-refractivity contribution in [2.45, 2.75) is 58.9 Å². The van der Waals surface area contributed by atoms with E-state index in [9.17, 15) is 14.7 Å². The molecule has 0 aliphatic rings. The number of hydrogen-bond donors (Lipinski definition) is 4. The monoisotopic (exact) mass is 723 g/mol. The highest BCUT2D eigenvalue weighted by Crippen LogP contribution is 2.20. The van der Waals surface area contributed by atoms with Crippen molar-refractivity contribution in [2.24, 2.45) is 0 Å². The van der Waals surface area contributed by atoms with Crippen LogP contribution in [0.5, 0.6) is 0 Å². The van der Waals surface area contributed by atoms with Crippen LogP contribution in [-0.2, 0) is 35.5 Å². The van der Waals surface area contributed by atoms with Gasteiger partial charge in [0, 0.05) is 54.4 Å². The van der Waals surface area contributed by atoms with Crippen molar-refractivity contribution in [3.8, 4) is 5.82 Å². The second-order valence-electron chi connectivity index (χ2n) is 13.8. The van der Waals surface area contributed by atoms with Crippen LogP contribution in [0.15, 0.2) is 121 Å². The molecule has 0 unspecified atom stereocenters. The van der Waals surface area contributed by atoms with Crippen LogP contribution in [0.3, 0.4) is 0 Å². The maximum absolute atomic E-state index is 12.8. The number of nitrogens with one attached hydrogen (secondary N) is 3. The van der Waals surface area contributed by atoms with Crippen LogP contribution in [0, 0.1) is 13.8 Å². The van der Waals surface area contributed by atoms with Gasteiger partial charge < -0.3 is 30.4 Å². The van der Waals surface area contributed by atoms with Gasteiger partial charge in [-0.3, -0.25) is 9.59 Å². The molecule has 2 amide bonds. The Bertz CT molecular complexity index is 2140. The van der Waals surface area contributed by atoms with Gasteiger partial charge in [0.05, 0.1) is 25.7 Å². The quantitative estimate of drug-likeness (QED) is 0.0779. The average molecular weight is 724 g/mol. The summed E-state index contributed by atoms with van der Waals surface area (Å²) < 4.78 is 7.92. The van der Waals surface area contributed by atoms with Gasteiger partial charge in [-0.25, -0.2) is 4.98 Å². The standard InChI is InChI=1S/C45H49N5O4/c1-31(47-29-42(51)39-20-21-43(48-28-39)50-32(2)14-15-33(50)3)24-35-8-6-9-36(25-35)26-44(52)49-27-34-16-18-38(19-17-34)45(53)46-22-23-54-30-40-12-7-11-37-10-4-5-13-41(37)40/h4-21,25,28,31,42,47,51H,22-24,26-27,29-30H2,1-3H3,(H,46,53)(H,49,52)/t31-,42-/m1/s1. The van der Waals surface area contributed by atoms with Gasteiger partial charge in [-0.1, -0.05) is 84.9 Å². The lowest BCUT2D eigenvalue weighted by Gasteiger charge is -2.18. The summed E-state index contributed by atoms with van der Waals surface area (Å²) in [5.41, 5.74) is 7.63. The smallest absolute Gasteiger partial charge is 0.251 e. The Hall–Kier alpha value is -5.61. The van der Waals surface area contributed by atoms with Gasteiger partial charge in [0.2, 0.25) is 5.91 Å². The van der Waals surface area contributed by atoms with Crippen LogP contribution >= 0.6 is 0 Å². The molecular formula is C45H49N5O4. The van der Waals surface area contributed by atoms with E-state index in [1.165, 1.54) is 10.8 Å². The number of aromatic nitrogens is 2. The first-order valence-corrected chi connectivity index (χ1v) is 18.5. The number of amides is 2. The van der Waals surface area contributed by atoms with Crippen molar-refractivity contribution >= 4 is 22.6 Å². The molecule has 4 aromatic carbocycles. The molecule has 54 heavy (non-hydrogen) atoms. The fraction of sp³-hybridized carbons (Fsp3) is 0.267. The van der Waals surface area contributed by atoms with Crippen LogP contribution in [0.4, 0.5) is 0 Å². The third-order valence-electron chi connectivity index (χ3n) is 9.59. The lowest BCUT2D eigenvalue weighted by molar-refractivity contribution is -0.120. The third-order valence-corrected chi connectivity index (χ3v) is 9.59. The molecule has 0 aliphatic heterocycles. The third kappa shape index (κ3) is 10.3. The molecule has 2 aromatic heterocycles. The molecule has 9 heteroatoms. The number of ether oxygens (including phenoxy) is 1. The van der Waals surface area contributed by atoms with E-state index in [-0.39, 0.29) is 24.3 Å². The van der Waals surface area contributed by atoms with E-state index in [4.69, 9.17) is 4.74 Å². The fourth-order valence-electron chi connectivity index (χ4n) is 6.64. The second-order valence-corrected chi connectivity index (χ2v) is 13.8. The van der Waals surface area contributed by atoms with E-state index >= 15 is 0 Å². The molecule has 9 nitrogen and oxygen atoms in total. The Morgan fingerprint density at radius 3 is 2.33 bits per heavy atom. The molecule has 0 spiro atoms. The number of benzene rings is 4. The van der Waals surface area contributed by atoms with Crippen LogP contribution in [0.25, 0.3) is 16.6 Å². The molecule has 2 atom stereocenters. The molecule has 4 N–H and O–H groups in total. The van der Waals surface area contributed by atoms with Crippen molar-refractivity contribution in [1.82, 2.24) is 25.5 Å². The molecule has 2 heterocycles. The zero-order valence-electron chi connectivity index (χ0n) is 31.2. The van der Waals surface area contributed by atoms with E-state index in [1.807, 2.05) is 68.4 Å². The zero-order valence-corrected chi connectivity index (χ0v) is 31.2. The maximum atomic E-state index is 12.8. The predicted octanol–water partition coefficient (Wildman–Crippen LogP) is 6.70. The number of rotatable bonds is 17. The SMILES string of the molecule is Cc1ccc(C)n1-c1ccc([C@H](O)CN[C@H](C)Cc2cccc(CC(=O)NCc3ccc(C(=O)NCCOCc4cccc5ccccc45)cc3)c2)cn1. The van der Waals surface area contributed by atoms with Crippen LogP contribution in [0.1, 0.15) is 62.6 Å². The maximum Gasteiger partial charge on any atom is 0.251 e. The first kappa shape index (κ1) is 38.1. The first-order valence-electron chi connectivity index (χ1n) is 18.5. The predicted molar refractivity (Wildman–Crippen MR) is 214 cm³/mol. The molecular weight excluding hydrogens is 675 g/mol. The van der Waals surface area contributed by atoms with Gasteiger partial charge in [0.15, 0.2) is 0 Å². The summed E-state index contributed by atoms with van der Waals surface area (Å²) in [7, 11) is 0. The molecule has 6 rings (SSSR count). The van der Waals surface area contributed by atoms with Crippen molar-refractivity contribution < 1.29 is 19.4 Å². The second kappa shape index (κ2) is 18.4.